The van der Waals surface area contributed by atoms with Crippen molar-refractivity contribution < 1.29 is 14.6 Å². The number of ether oxygens (including phenoxy) is 1. The van der Waals surface area contributed by atoms with Gasteiger partial charge in [0.25, 0.3) is 5.91 Å². The number of benzene rings is 3. The Morgan fingerprint density at radius 1 is 1.10 bits per heavy atom. The fourth-order valence-electron chi connectivity index (χ4n) is 2.87. The van der Waals surface area contributed by atoms with E-state index in [9.17, 15) is 9.90 Å². The number of phenolic OH excluding ortho intramolecular Hbond substituents is 1. The monoisotopic (exact) mass is 450 g/mol. The Kier molecular flexibility index (Phi) is 6.30. The molecule has 1 heterocycles. The Balaban J connectivity index is 1.42. The van der Waals surface area contributed by atoms with Gasteiger partial charge >= 0.3 is 0 Å². The number of halogens is 1. The molecule has 0 aromatic heterocycles. The molecule has 4 rings (SSSR count). The van der Waals surface area contributed by atoms with Crippen LogP contribution in [-0.4, -0.2) is 16.2 Å². The van der Waals surface area contributed by atoms with Crippen molar-refractivity contribution in [3.05, 3.63) is 93.3 Å². The Morgan fingerprint density at radius 2 is 1.84 bits per heavy atom. The van der Waals surface area contributed by atoms with Gasteiger partial charge < -0.3 is 15.2 Å². The molecular formula is C24H19ClN2O3S. The summed E-state index contributed by atoms with van der Waals surface area (Å²) in [6.45, 7) is 2.36. The van der Waals surface area contributed by atoms with Crippen LogP contribution in [0.5, 0.6) is 11.5 Å². The van der Waals surface area contributed by atoms with Crippen LogP contribution in [0.4, 0.5) is 5.69 Å². The number of aryl methyl sites for hydroxylation is 1. The number of amides is 1. The number of phenols is 1. The van der Waals surface area contributed by atoms with Crippen molar-refractivity contribution in [1.82, 2.24) is 5.32 Å². The van der Waals surface area contributed by atoms with E-state index >= 15 is 0 Å². The summed E-state index contributed by atoms with van der Waals surface area (Å²) < 4.78 is 5.79. The van der Waals surface area contributed by atoms with Gasteiger partial charge in [-0.25, -0.2) is 4.99 Å². The Bertz CT molecular complexity index is 1170. The minimum absolute atomic E-state index is 0.0690. The summed E-state index contributed by atoms with van der Waals surface area (Å²) in [5.41, 5.74) is 3.30. The molecule has 3 aromatic rings. The van der Waals surface area contributed by atoms with Gasteiger partial charge in [0.15, 0.2) is 5.17 Å². The average molecular weight is 451 g/mol. The lowest BCUT2D eigenvalue weighted by molar-refractivity contribution is -0.115. The molecule has 156 valence electrons. The van der Waals surface area contributed by atoms with Crippen molar-refractivity contribution in [2.24, 2.45) is 4.99 Å². The summed E-state index contributed by atoms with van der Waals surface area (Å²) in [6.07, 6.45) is 1.79. The van der Waals surface area contributed by atoms with Gasteiger partial charge in [0.1, 0.15) is 23.8 Å². The molecule has 7 heteroatoms. The first-order valence-corrected chi connectivity index (χ1v) is 10.7. The molecule has 0 spiro atoms. The number of nitrogens with one attached hydrogen (secondary N) is 1. The fourth-order valence-corrected chi connectivity index (χ4v) is 3.83. The highest BCUT2D eigenvalue weighted by atomic mass is 35.5. The number of carbonyl (C=O) groups is 1. The van der Waals surface area contributed by atoms with Crippen molar-refractivity contribution in [1.29, 1.82) is 0 Å². The maximum absolute atomic E-state index is 12.3. The molecule has 1 aliphatic rings. The fraction of sp³-hybridized carbons (Fsp3) is 0.0833. The smallest absolute Gasteiger partial charge is 0.264 e. The second-order valence-electron chi connectivity index (χ2n) is 6.96. The summed E-state index contributed by atoms with van der Waals surface area (Å²) in [5.74, 6) is 0.580. The summed E-state index contributed by atoms with van der Waals surface area (Å²) in [4.78, 5) is 17.2. The number of hydrogen-bond acceptors (Lipinski definition) is 5. The van der Waals surface area contributed by atoms with Gasteiger partial charge in [-0.1, -0.05) is 41.9 Å². The van der Waals surface area contributed by atoms with E-state index in [1.807, 2.05) is 55.5 Å². The highest BCUT2D eigenvalue weighted by Gasteiger charge is 2.24. The molecule has 0 bridgehead atoms. The Labute approximate surface area is 189 Å². The van der Waals surface area contributed by atoms with Gasteiger partial charge in [-0.05, 0) is 77.9 Å². The minimum Gasteiger partial charge on any atom is -0.506 e. The van der Waals surface area contributed by atoms with Gasteiger partial charge in [-0.2, -0.15) is 0 Å². The molecule has 0 atom stereocenters. The quantitative estimate of drug-likeness (QED) is 0.480. The van der Waals surface area contributed by atoms with E-state index in [0.29, 0.717) is 27.4 Å². The highest BCUT2D eigenvalue weighted by molar-refractivity contribution is 8.18. The molecule has 5 nitrogen and oxygen atoms in total. The van der Waals surface area contributed by atoms with Crippen molar-refractivity contribution in [2.75, 3.05) is 0 Å². The third-order valence-corrected chi connectivity index (χ3v) is 5.66. The summed E-state index contributed by atoms with van der Waals surface area (Å²) in [5, 5.41) is 13.8. The molecular weight excluding hydrogens is 432 g/mol. The van der Waals surface area contributed by atoms with Crippen LogP contribution >= 0.6 is 23.4 Å². The maximum atomic E-state index is 12.3. The zero-order valence-electron chi connectivity index (χ0n) is 16.6. The van der Waals surface area contributed by atoms with E-state index in [-0.39, 0.29) is 11.7 Å². The topological polar surface area (TPSA) is 70.9 Å². The Morgan fingerprint density at radius 3 is 2.58 bits per heavy atom. The summed E-state index contributed by atoms with van der Waals surface area (Å²) >= 11 is 7.13. The minimum atomic E-state index is -0.223. The number of rotatable bonds is 5. The lowest BCUT2D eigenvalue weighted by atomic mass is 10.2. The van der Waals surface area contributed by atoms with Crippen LogP contribution in [0.3, 0.4) is 0 Å². The second kappa shape index (κ2) is 9.29. The molecule has 2 N–H and O–H groups in total. The molecule has 1 saturated heterocycles. The zero-order valence-corrected chi connectivity index (χ0v) is 18.2. The van der Waals surface area contributed by atoms with E-state index in [1.165, 1.54) is 11.8 Å². The first-order valence-electron chi connectivity index (χ1n) is 9.53. The molecule has 0 aliphatic carbocycles. The Hall–Kier alpha value is -3.22. The number of hydrogen-bond donors (Lipinski definition) is 2. The van der Waals surface area contributed by atoms with Gasteiger partial charge in [0, 0.05) is 5.02 Å². The van der Waals surface area contributed by atoms with Crippen LogP contribution in [0, 0.1) is 6.92 Å². The zero-order chi connectivity index (χ0) is 21.8. The second-order valence-corrected chi connectivity index (χ2v) is 8.43. The lowest BCUT2D eigenvalue weighted by Crippen LogP contribution is -2.19. The number of carbonyl (C=O) groups excluding carboxylic acids is 1. The van der Waals surface area contributed by atoms with Crippen LogP contribution in [0.15, 0.2) is 76.6 Å². The van der Waals surface area contributed by atoms with E-state index in [4.69, 9.17) is 16.3 Å². The SMILES string of the molecule is Cc1ccc(O)c(N=C2NC(=O)/C(=C/c3ccc(OCc4ccc(Cl)cc4)cc3)S2)c1. The first kappa shape index (κ1) is 21.0. The highest BCUT2D eigenvalue weighted by Crippen LogP contribution is 2.32. The first-order chi connectivity index (χ1) is 15.0. The molecule has 1 amide bonds. The third kappa shape index (κ3) is 5.48. The molecule has 0 radical (unpaired) electrons. The van der Waals surface area contributed by atoms with Crippen molar-refractivity contribution >= 4 is 46.2 Å². The van der Waals surface area contributed by atoms with E-state index in [0.717, 1.165) is 22.4 Å². The molecule has 1 aliphatic heterocycles. The van der Waals surface area contributed by atoms with Gasteiger partial charge in [-0.3, -0.25) is 4.79 Å². The third-order valence-electron chi connectivity index (χ3n) is 4.50. The number of nitrogens with zero attached hydrogens (tertiary/aromatic N) is 1. The molecule has 3 aromatic carbocycles. The molecule has 1 fully saturated rings. The molecule has 0 unspecified atom stereocenters. The van der Waals surface area contributed by atoms with Gasteiger partial charge in [0.05, 0.1) is 4.91 Å². The van der Waals surface area contributed by atoms with Crippen molar-refractivity contribution in [2.45, 2.75) is 13.5 Å². The lowest BCUT2D eigenvalue weighted by Gasteiger charge is -2.06. The van der Waals surface area contributed by atoms with Crippen LogP contribution in [-0.2, 0) is 11.4 Å². The van der Waals surface area contributed by atoms with E-state index < -0.39 is 0 Å². The molecule has 0 saturated carbocycles. The maximum Gasteiger partial charge on any atom is 0.264 e. The number of aromatic hydroxyl groups is 1. The van der Waals surface area contributed by atoms with Crippen LogP contribution in [0.25, 0.3) is 6.08 Å². The predicted molar refractivity (Wildman–Crippen MR) is 126 cm³/mol. The number of thioether (sulfide) groups is 1. The number of amidine groups is 1. The van der Waals surface area contributed by atoms with Crippen molar-refractivity contribution in [3.63, 3.8) is 0 Å². The predicted octanol–water partition coefficient (Wildman–Crippen LogP) is 5.82. The van der Waals surface area contributed by atoms with Crippen molar-refractivity contribution in [3.8, 4) is 11.5 Å². The van der Waals surface area contributed by atoms with Crippen LogP contribution in [0.2, 0.25) is 5.02 Å². The summed E-state index contributed by atoms with van der Waals surface area (Å²) in [6, 6.07) is 20.2. The van der Waals surface area contributed by atoms with Crippen LogP contribution in [0.1, 0.15) is 16.7 Å². The average Bonchev–Trinajstić information content (AvgIpc) is 3.10. The van der Waals surface area contributed by atoms with E-state index in [2.05, 4.69) is 10.3 Å². The normalized spacial score (nSPS) is 16.0. The molecule has 31 heavy (non-hydrogen) atoms. The summed E-state index contributed by atoms with van der Waals surface area (Å²) in [7, 11) is 0. The standard InChI is InChI=1S/C24H19ClN2O3S/c1-15-2-11-21(28)20(12-15)26-24-27-23(29)22(31-24)13-16-5-9-19(10-6-16)30-14-17-3-7-18(25)8-4-17/h2-13,28H,14H2,1H3,(H,26,27,29)/b22-13-. The van der Waals surface area contributed by atoms with Gasteiger partial charge in [0.2, 0.25) is 0 Å². The largest absolute Gasteiger partial charge is 0.506 e. The number of aliphatic imine (C=N–C) groups is 1. The van der Waals surface area contributed by atoms with E-state index in [1.54, 1.807) is 24.3 Å². The van der Waals surface area contributed by atoms with Gasteiger partial charge in [-0.15, -0.1) is 0 Å². The van der Waals surface area contributed by atoms with Crippen LogP contribution < -0.4 is 10.1 Å².